The normalized spacial score (nSPS) is 21.1. The molecule has 6 rings (SSSR count). The van der Waals surface area contributed by atoms with E-state index in [-0.39, 0.29) is 18.3 Å². The van der Waals surface area contributed by atoms with Crippen LogP contribution in [0.1, 0.15) is 22.9 Å². The molecule has 45 heavy (non-hydrogen) atoms. The lowest BCUT2D eigenvalue weighted by molar-refractivity contribution is -0.0939. The van der Waals surface area contributed by atoms with Crippen molar-refractivity contribution in [2.75, 3.05) is 26.6 Å². The van der Waals surface area contributed by atoms with E-state index in [1.54, 1.807) is 14.2 Å². The Labute approximate surface area is 274 Å². The predicted octanol–water partition coefficient (Wildman–Crippen LogP) is 5.28. The van der Waals surface area contributed by atoms with Crippen LogP contribution in [0, 0.1) is 0 Å². The summed E-state index contributed by atoms with van der Waals surface area (Å²) in [5, 5.41) is 0. The van der Waals surface area contributed by atoms with Crippen molar-refractivity contribution in [1.82, 2.24) is 9.55 Å². The molecule has 1 aromatic heterocycles. The number of hydrogen-bond acceptors (Lipinski definition) is 9. The molecule has 13 heteroatoms. The molecule has 0 saturated carbocycles. The van der Waals surface area contributed by atoms with Crippen LogP contribution in [0.5, 0.6) is 11.5 Å². The Morgan fingerprint density at radius 2 is 1.44 bits per heavy atom. The molecule has 1 fully saturated rings. The van der Waals surface area contributed by atoms with Gasteiger partial charge in [0.25, 0.3) is 3.79 Å². The van der Waals surface area contributed by atoms with Gasteiger partial charge in [-0.25, -0.2) is 9.79 Å². The zero-order valence-corrected chi connectivity index (χ0v) is 26.4. The van der Waals surface area contributed by atoms with Gasteiger partial charge in [-0.3, -0.25) is 4.57 Å². The first kappa shape index (κ1) is 31.2. The summed E-state index contributed by atoms with van der Waals surface area (Å²) < 4.78 is 29.8. The Balaban J connectivity index is 1.43. The number of methoxy groups -OCH3 is 2. The Bertz CT molecular complexity index is 1680. The minimum absolute atomic E-state index is 0.00950. The monoisotopic (exact) mass is 670 g/mol. The molecule has 0 unspecified atom stereocenters. The molecule has 1 saturated heterocycles. The number of benzene rings is 3. The van der Waals surface area contributed by atoms with Crippen LogP contribution in [-0.2, 0) is 19.8 Å². The van der Waals surface area contributed by atoms with Crippen LogP contribution in [0.2, 0.25) is 0 Å². The van der Waals surface area contributed by atoms with Crippen molar-refractivity contribution in [1.29, 1.82) is 0 Å². The quantitative estimate of drug-likeness (QED) is 0.189. The highest BCUT2D eigenvalue weighted by Crippen LogP contribution is 2.45. The minimum Gasteiger partial charge on any atom is -0.497 e. The van der Waals surface area contributed by atoms with Crippen LogP contribution in [0.25, 0.3) is 0 Å². The van der Waals surface area contributed by atoms with Gasteiger partial charge in [-0.15, -0.1) is 0 Å². The third kappa shape index (κ3) is 5.96. The van der Waals surface area contributed by atoms with Crippen LogP contribution >= 0.6 is 34.8 Å². The lowest BCUT2D eigenvalue weighted by Crippen LogP contribution is -2.40. The second-order valence-electron chi connectivity index (χ2n) is 10.4. The second kappa shape index (κ2) is 12.5. The Hall–Kier alpha value is -3.80. The third-order valence-electron chi connectivity index (χ3n) is 7.83. The smallest absolute Gasteiger partial charge is 0.351 e. The molecule has 0 amide bonds. The Morgan fingerprint density at radius 3 is 1.98 bits per heavy atom. The van der Waals surface area contributed by atoms with Crippen LogP contribution in [0.15, 0.2) is 101 Å². The first-order valence-electron chi connectivity index (χ1n) is 13.9. The van der Waals surface area contributed by atoms with Gasteiger partial charge in [0, 0.05) is 6.20 Å². The SMILES string of the molecule is COc1ccc(C(OC[C@H]2O[C@@H](n3ccc(N)nc3=O)[C@@H]3N=C(C(Cl)(Cl)Cl)O[C@@H]32)(c2ccccc2)c2ccc(OC)cc2)cc1. The van der Waals surface area contributed by atoms with Gasteiger partial charge in [-0.05, 0) is 47.0 Å². The molecule has 2 aliphatic heterocycles. The number of nitrogens with two attached hydrogens (primary N) is 1. The first-order valence-corrected chi connectivity index (χ1v) is 15.1. The first-order chi connectivity index (χ1) is 21.6. The lowest BCUT2D eigenvalue weighted by atomic mass is 9.80. The van der Waals surface area contributed by atoms with Gasteiger partial charge in [0.2, 0.25) is 5.90 Å². The van der Waals surface area contributed by atoms with E-state index in [2.05, 4.69) is 9.98 Å². The number of aromatic nitrogens is 2. The van der Waals surface area contributed by atoms with Crippen molar-refractivity contribution in [3.05, 3.63) is 118 Å². The standard InChI is InChI=1S/C32H29Cl3N4O6/c1-41-22-12-8-20(9-13-22)31(19-6-4-3-5-7-19,21-10-14-23(42-2)15-11-21)43-18-24-27-26(38-29(45-27)32(33,34)35)28(44-24)39-17-16-25(36)37-30(39)40/h3-17,24,26-28H,18H2,1-2H3,(H2,36,37,40)/t24-,26-,27-,28-/m1/s1. The molecular weight excluding hydrogens is 643 g/mol. The number of ether oxygens (including phenoxy) is 5. The molecule has 0 bridgehead atoms. The summed E-state index contributed by atoms with van der Waals surface area (Å²) in [4.78, 5) is 21.2. The van der Waals surface area contributed by atoms with Crippen LogP contribution < -0.4 is 20.9 Å². The van der Waals surface area contributed by atoms with Gasteiger partial charge in [0.15, 0.2) is 12.3 Å². The highest BCUT2D eigenvalue weighted by atomic mass is 35.6. The van der Waals surface area contributed by atoms with E-state index in [1.807, 2.05) is 78.9 Å². The zero-order valence-electron chi connectivity index (χ0n) is 24.2. The molecule has 234 valence electrons. The van der Waals surface area contributed by atoms with E-state index in [1.165, 1.54) is 16.8 Å². The fourth-order valence-corrected chi connectivity index (χ4v) is 5.98. The third-order valence-corrected chi connectivity index (χ3v) is 8.31. The molecule has 2 aliphatic rings. The summed E-state index contributed by atoms with van der Waals surface area (Å²) in [6.45, 7) is -0.00950. The molecule has 0 radical (unpaired) electrons. The number of halogens is 3. The molecule has 2 N–H and O–H groups in total. The molecule has 3 aromatic carbocycles. The molecular formula is C32H29Cl3N4O6. The number of anilines is 1. The largest absolute Gasteiger partial charge is 0.497 e. The topological polar surface area (TPSA) is 119 Å². The van der Waals surface area contributed by atoms with Gasteiger partial charge < -0.3 is 29.4 Å². The number of nitrogen functional groups attached to an aromatic ring is 1. The summed E-state index contributed by atoms with van der Waals surface area (Å²) >= 11 is 18.5. The van der Waals surface area contributed by atoms with Gasteiger partial charge in [-0.1, -0.05) is 89.4 Å². The Morgan fingerprint density at radius 1 is 0.867 bits per heavy atom. The molecule has 0 aliphatic carbocycles. The molecule has 0 spiro atoms. The number of fused-ring (bicyclic) bond motifs is 1. The van der Waals surface area contributed by atoms with E-state index in [0.29, 0.717) is 11.5 Å². The number of aliphatic imine (C=N–C) groups is 1. The number of nitrogens with zero attached hydrogens (tertiary/aromatic N) is 3. The predicted molar refractivity (Wildman–Crippen MR) is 171 cm³/mol. The minimum atomic E-state index is -1.93. The Kier molecular flexibility index (Phi) is 8.69. The van der Waals surface area contributed by atoms with Crippen molar-refractivity contribution >= 4 is 46.5 Å². The average molecular weight is 672 g/mol. The van der Waals surface area contributed by atoms with Crippen molar-refractivity contribution in [3.8, 4) is 11.5 Å². The fraction of sp³-hybridized carbons (Fsp3) is 0.281. The van der Waals surface area contributed by atoms with E-state index >= 15 is 0 Å². The van der Waals surface area contributed by atoms with Gasteiger partial charge in [0.1, 0.15) is 35.1 Å². The highest BCUT2D eigenvalue weighted by molar-refractivity contribution is 6.76. The maximum Gasteiger partial charge on any atom is 0.351 e. The summed E-state index contributed by atoms with van der Waals surface area (Å²) in [6, 6.07) is 25.9. The molecule has 4 aromatic rings. The number of hydrogen-bond donors (Lipinski definition) is 1. The van der Waals surface area contributed by atoms with E-state index in [0.717, 1.165) is 16.7 Å². The van der Waals surface area contributed by atoms with Gasteiger partial charge in [0.05, 0.1) is 20.8 Å². The van der Waals surface area contributed by atoms with E-state index < -0.39 is 39.6 Å². The summed E-state index contributed by atoms with van der Waals surface area (Å²) in [7, 11) is 3.22. The molecule has 4 atom stereocenters. The molecule has 10 nitrogen and oxygen atoms in total. The number of rotatable bonds is 9. The highest BCUT2D eigenvalue weighted by Gasteiger charge is 2.55. The fourth-order valence-electron chi connectivity index (χ4n) is 5.70. The van der Waals surface area contributed by atoms with Gasteiger partial charge >= 0.3 is 5.69 Å². The number of alkyl halides is 3. The van der Waals surface area contributed by atoms with Gasteiger partial charge in [-0.2, -0.15) is 4.98 Å². The lowest BCUT2D eigenvalue weighted by Gasteiger charge is -2.37. The molecule has 3 heterocycles. The summed E-state index contributed by atoms with van der Waals surface area (Å²) in [5.74, 6) is 1.36. The van der Waals surface area contributed by atoms with Crippen molar-refractivity contribution < 1.29 is 23.7 Å². The van der Waals surface area contributed by atoms with E-state index in [4.69, 9.17) is 64.2 Å². The van der Waals surface area contributed by atoms with E-state index in [9.17, 15) is 4.79 Å². The summed E-state index contributed by atoms with van der Waals surface area (Å²) in [6.07, 6.45) is -0.938. The second-order valence-corrected chi connectivity index (χ2v) is 12.7. The maximum atomic E-state index is 12.9. The van der Waals surface area contributed by atoms with Crippen molar-refractivity contribution in [2.24, 2.45) is 4.99 Å². The average Bonchev–Trinajstić information content (AvgIpc) is 3.63. The van der Waals surface area contributed by atoms with Crippen molar-refractivity contribution in [2.45, 2.75) is 33.9 Å². The summed E-state index contributed by atoms with van der Waals surface area (Å²) in [5.41, 5.74) is 6.50. The zero-order chi connectivity index (χ0) is 31.8. The van der Waals surface area contributed by atoms with Crippen molar-refractivity contribution in [3.63, 3.8) is 0 Å². The van der Waals surface area contributed by atoms with Crippen LogP contribution in [-0.4, -0.2) is 58.3 Å². The maximum absolute atomic E-state index is 12.9. The van der Waals surface area contributed by atoms with Crippen LogP contribution in [0.3, 0.4) is 0 Å². The van der Waals surface area contributed by atoms with Crippen LogP contribution in [0.4, 0.5) is 5.82 Å².